The summed E-state index contributed by atoms with van der Waals surface area (Å²) in [6.45, 7) is 9.65. The first-order valence-corrected chi connectivity index (χ1v) is 8.75. The summed E-state index contributed by atoms with van der Waals surface area (Å²) in [5, 5.41) is 16.8. The number of rotatable bonds is 5. The lowest BCUT2D eigenvalue weighted by molar-refractivity contribution is 0.0532. The van der Waals surface area contributed by atoms with Gasteiger partial charge in [-0.3, -0.25) is 10.2 Å². The van der Waals surface area contributed by atoms with Crippen LogP contribution in [0.1, 0.15) is 26.5 Å². The van der Waals surface area contributed by atoms with Crippen LogP contribution in [0.4, 0.5) is 5.95 Å². The molecule has 8 nitrogen and oxygen atoms in total. The lowest BCUT2D eigenvalue weighted by Crippen LogP contribution is -2.55. The molecule has 0 radical (unpaired) electrons. The van der Waals surface area contributed by atoms with Gasteiger partial charge in [-0.1, -0.05) is 0 Å². The normalized spacial score (nSPS) is 15.5. The highest BCUT2D eigenvalue weighted by Crippen LogP contribution is 2.23. The summed E-state index contributed by atoms with van der Waals surface area (Å²) in [6.07, 6.45) is 0. The van der Waals surface area contributed by atoms with E-state index in [0.29, 0.717) is 31.9 Å². The van der Waals surface area contributed by atoms with Crippen molar-refractivity contribution in [2.24, 2.45) is 4.99 Å². The molecule has 0 fully saturated rings. The first-order valence-electron chi connectivity index (χ1n) is 8.75. The number of aromatic nitrogens is 2. The van der Waals surface area contributed by atoms with Gasteiger partial charge in [-0.25, -0.2) is 15.0 Å². The van der Waals surface area contributed by atoms with Crippen LogP contribution in [0, 0.1) is 6.92 Å². The van der Waals surface area contributed by atoms with Gasteiger partial charge in [-0.05, 0) is 45.9 Å². The number of hydrogen-bond acceptors (Lipinski definition) is 8. The van der Waals surface area contributed by atoms with E-state index in [1.54, 1.807) is 0 Å². The summed E-state index contributed by atoms with van der Waals surface area (Å²) in [5.74, 6) is 1.94. The molecule has 3 N–H and O–H groups in total. The molecule has 1 aromatic heterocycles. The van der Waals surface area contributed by atoms with Crippen molar-refractivity contribution in [3.8, 4) is 5.75 Å². The van der Waals surface area contributed by atoms with Crippen LogP contribution < -0.4 is 15.4 Å². The van der Waals surface area contributed by atoms with Crippen LogP contribution in [-0.2, 0) is 0 Å². The minimum absolute atomic E-state index is 0.0731. The van der Waals surface area contributed by atoms with Crippen LogP contribution in [-0.4, -0.2) is 58.0 Å². The first kappa shape index (κ1) is 18.3. The molecular formula is C18H26N6O2. The van der Waals surface area contributed by atoms with E-state index >= 15 is 0 Å². The van der Waals surface area contributed by atoms with Gasteiger partial charge in [0.25, 0.3) is 0 Å². The molecule has 0 amide bonds. The topological polar surface area (TPSA) is 94.9 Å². The number of aryl methyl sites for hydroxylation is 1. The number of fused-ring (bicyclic) bond motifs is 1. The van der Waals surface area contributed by atoms with Crippen molar-refractivity contribution in [2.45, 2.75) is 33.2 Å². The zero-order valence-corrected chi connectivity index (χ0v) is 15.7. The SMILES string of the molecule is CCOc1ccc2nc(NC3=NCN(C(C)(C)CO)CN3)nc(C)c2c1. The Kier molecular flexibility index (Phi) is 5.24. The van der Waals surface area contributed by atoms with Crippen molar-refractivity contribution in [1.29, 1.82) is 0 Å². The maximum Gasteiger partial charge on any atom is 0.230 e. The second kappa shape index (κ2) is 7.43. The van der Waals surface area contributed by atoms with E-state index in [2.05, 4.69) is 30.5 Å². The minimum atomic E-state index is -0.323. The van der Waals surface area contributed by atoms with E-state index in [-0.39, 0.29) is 12.1 Å². The van der Waals surface area contributed by atoms with Crippen molar-refractivity contribution in [2.75, 3.05) is 31.9 Å². The molecule has 3 rings (SSSR count). The summed E-state index contributed by atoms with van der Waals surface area (Å²) in [6, 6.07) is 5.80. The number of guanidine groups is 1. The molecule has 1 aliphatic heterocycles. The molecule has 0 spiro atoms. The molecule has 0 atom stereocenters. The number of aliphatic hydroxyl groups excluding tert-OH is 1. The van der Waals surface area contributed by atoms with Crippen LogP contribution in [0.5, 0.6) is 5.75 Å². The standard InChI is InChI=1S/C18H26N6O2/c1-5-26-13-6-7-15-14(8-13)12(2)21-17(22-15)23-16-19-10-24(11-20-16)18(3,4)9-25/h6-8,25H,5,9-11H2,1-4H3,(H2,19,20,21,22,23). The second-order valence-electron chi connectivity index (χ2n) is 6.86. The highest BCUT2D eigenvalue weighted by atomic mass is 16.5. The molecule has 0 saturated carbocycles. The van der Waals surface area contributed by atoms with E-state index in [9.17, 15) is 5.11 Å². The summed E-state index contributed by atoms with van der Waals surface area (Å²) in [7, 11) is 0. The molecule has 1 aliphatic rings. The molecule has 26 heavy (non-hydrogen) atoms. The van der Waals surface area contributed by atoms with Crippen molar-refractivity contribution in [3.63, 3.8) is 0 Å². The van der Waals surface area contributed by atoms with Gasteiger partial charge in [0.05, 0.1) is 37.8 Å². The highest BCUT2D eigenvalue weighted by molar-refractivity contribution is 5.93. The Morgan fingerprint density at radius 2 is 2.15 bits per heavy atom. The van der Waals surface area contributed by atoms with Crippen LogP contribution in [0.25, 0.3) is 10.9 Å². The Morgan fingerprint density at radius 3 is 2.81 bits per heavy atom. The molecule has 0 unspecified atom stereocenters. The summed E-state index contributed by atoms with van der Waals surface area (Å²) < 4.78 is 5.54. The van der Waals surface area contributed by atoms with Crippen molar-refractivity contribution in [1.82, 2.24) is 20.2 Å². The van der Waals surface area contributed by atoms with E-state index in [4.69, 9.17) is 4.74 Å². The van der Waals surface area contributed by atoms with Crippen LogP contribution in [0.2, 0.25) is 0 Å². The van der Waals surface area contributed by atoms with Crippen LogP contribution in [0.3, 0.4) is 0 Å². The zero-order chi connectivity index (χ0) is 18.7. The highest BCUT2D eigenvalue weighted by Gasteiger charge is 2.27. The van der Waals surface area contributed by atoms with Crippen molar-refractivity contribution >= 4 is 22.8 Å². The lowest BCUT2D eigenvalue weighted by atomic mass is 10.1. The fraction of sp³-hybridized carbons (Fsp3) is 0.500. The van der Waals surface area contributed by atoms with Gasteiger partial charge in [0.2, 0.25) is 11.9 Å². The number of nitrogens with zero attached hydrogens (tertiary/aromatic N) is 4. The molecular weight excluding hydrogens is 332 g/mol. The maximum atomic E-state index is 9.47. The van der Waals surface area contributed by atoms with E-state index in [1.165, 1.54) is 0 Å². The molecule has 8 heteroatoms. The van der Waals surface area contributed by atoms with Gasteiger partial charge in [-0.2, -0.15) is 0 Å². The van der Waals surface area contributed by atoms with E-state index < -0.39 is 0 Å². The Hall–Kier alpha value is -2.45. The van der Waals surface area contributed by atoms with Gasteiger partial charge in [0.1, 0.15) is 5.75 Å². The maximum absolute atomic E-state index is 9.47. The molecule has 2 heterocycles. The smallest absolute Gasteiger partial charge is 0.230 e. The molecule has 140 valence electrons. The number of hydrogen-bond donors (Lipinski definition) is 3. The number of ether oxygens (including phenoxy) is 1. The van der Waals surface area contributed by atoms with Crippen LogP contribution >= 0.6 is 0 Å². The first-order chi connectivity index (χ1) is 12.4. The minimum Gasteiger partial charge on any atom is -0.494 e. The summed E-state index contributed by atoms with van der Waals surface area (Å²) in [4.78, 5) is 15.6. The Morgan fingerprint density at radius 1 is 1.35 bits per heavy atom. The third-order valence-corrected chi connectivity index (χ3v) is 4.48. The zero-order valence-electron chi connectivity index (χ0n) is 15.7. The summed E-state index contributed by atoms with van der Waals surface area (Å²) in [5.41, 5.74) is 1.40. The number of anilines is 1. The fourth-order valence-electron chi connectivity index (χ4n) is 2.70. The second-order valence-corrected chi connectivity index (χ2v) is 6.86. The van der Waals surface area contributed by atoms with Gasteiger partial charge >= 0.3 is 0 Å². The fourth-order valence-corrected chi connectivity index (χ4v) is 2.70. The molecule has 1 aromatic carbocycles. The molecule has 0 bridgehead atoms. The predicted molar refractivity (Wildman–Crippen MR) is 102 cm³/mol. The lowest BCUT2D eigenvalue weighted by Gasteiger charge is -2.38. The van der Waals surface area contributed by atoms with Crippen molar-refractivity contribution in [3.05, 3.63) is 23.9 Å². The van der Waals surface area contributed by atoms with Gasteiger partial charge in [0.15, 0.2) is 0 Å². The van der Waals surface area contributed by atoms with Gasteiger partial charge in [0, 0.05) is 10.9 Å². The van der Waals surface area contributed by atoms with Gasteiger partial charge in [-0.15, -0.1) is 0 Å². The number of aliphatic hydroxyl groups is 1. The monoisotopic (exact) mass is 358 g/mol. The quantitative estimate of drug-likeness (QED) is 0.749. The largest absolute Gasteiger partial charge is 0.494 e. The Labute approximate surface area is 153 Å². The van der Waals surface area contributed by atoms with E-state index in [0.717, 1.165) is 22.3 Å². The predicted octanol–water partition coefficient (Wildman–Crippen LogP) is 1.70. The molecule has 0 saturated heterocycles. The molecule has 0 aliphatic carbocycles. The third kappa shape index (κ3) is 3.86. The van der Waals surface area contributed by atoms with E-state index in [1.807, 2.05) is 45.9 Å². The summed E-state index contributed by atoms with van der Waals surface area (Å²) >= 11 is 0. The number of nitrogens with one attached hydrogen (secondary N) is 2. The number of aliphatic imine (C=N–C) groups is 1. The average Bonchev–Trinajstić information content (AvgIpc) is 2.63. The third-order valence-electron chi connectivity index (χ3n) is 4.48. The number of benzene rings is 1. The van der Waals surface area contributed by atoms with Gasteiger partial charge < -0.3 is 15.2 Å². The average molecular weight is 358 g/mol. The van der Waals surface area contributed by atoms with Crippen molar-refractivity contribution < 1.29 is 9.84 Å². The Bertz CT molecular complexity index is 821. The molecule has 2 aromatic rings. The van der Waals surface area contributed by atoms with Crippen LogP contribution in [0.15, 0.2) is 23.2 Å². The Balaban J connectivity index is 1.76.